The van der Waals surface area contributed by atoms with Crippen molar-refractivity contribution in [2.75, 3.05) is 40.3 Å². The van der Waals surface area contributed by atoms with Crippen LogP contribution in [0.2, 0.25) is 0 Å². The molecule has 0 aromatic heterocycles. The van der Waals surface area contributed by atoms with Crippen LogP contribution in [0.4, 0.5) is 0 Å². The lowest BCUT2D eigenvalue weighted by molar-refractivity contribution is 0.895. The molecule has 2 unspecified atom stereocenters. The van der Waals surface area contributed by atoms with E-state index in [1.165, 1.54) is 48.7 Å². The van der Waals surface area contributed by atoms with Crippen LogP contribution in [0.25, 0.3) is 0 Å². The Morgan fingerprint density at radius 3 is 1.80 bits per heavy atom. The monoisotopic (exact) mass is 390 g/mol. The standard InChI is InChI=1S/C14H30S6/c1-2-3-7-18-11-13(9-16)20-14(10-17)12-19-8-5-4-6-15/h13-17H,2-12H2,1H3. The van der Waals surface area contributed by atoms with E-state index >= 15 is 0 Å². The highest BCUT2D eigenvalue weighted by Gasteiger charge is 2.15. The summed E-state index contributed by atoms with van der Waals surface area (Å²) in [6, 6.07) is 0. The second-order valence-corrected chi connectivity index (χ2v) is 9.76. The lowest BCUT2D eigenvalue weighted by atomic mass is 10.4. The van der Waals surface area contributed by atoms with E-state index in [4.69, 9.17) is 0 Å². The zero-order valence-corrected chi connectivity index (χ0v) is 17.6. The Balaban J connectivity index is 3.74. The van der Waals surface area contributed by atoms with E-state index < -0.39 is 0 Å². The van der Waals surface area contributed by atoms with Crippen molar-refractivity contribution >= 4 is 73.2 Å². The van der Waals surface area contributed by atoms with Gasteiger partial charge in [-0.2, -0.15) is 73.2 Å². The van der Waals surface area contributed by atoms with Crippen molar-refractivity contribution in [3.63, 3.8) is 0 Å². The molecule has 20 heavy (non-hydrogen) atoms. The van der Waals surface area contributed by atoms with Crippen molar-refractivity contribution in [1.29, 1.82) is 0 Å². The molecule has 0 saturated carbocycles. The zero-order valence-electron chi connectivity index (χ0n) is 12.5. The lowest BCUT2D eigenvalue weighted by Crippen LogP contribution is -2.18. The number of rotatable bonds is 15. The number of thioether (sulfide) groups is 3. The summed E-state index contributed by atoms with van der Waals surface area (Å²) in [5, 5.41) is 1.35. The molecule has 0 aliphatic rings. The first kappa shape index (κ1) is 22.1. The van der Waals surface area contributed by atoms with E-state index in [2.05, 4.69) is 80.1 Å². The fraction of sp³-hybridized carbons (Fsp3) is 1.00. The van der Waals surface area contributed by atoms with Gasteiger partial charge in [-0.25, -0.2) is 0 Å². The Hall–Kier alpha value is 2.10. The van der Waals surface area contributed by atoms with Gasteiger partial charge in [0.25, 0.3) is 0 Å². The molecule has 0 N–H and O–H groups in total. The third kappa shape index (κ3) is 13.7. The highest BCUT2D eigenvalue weighted by molar-refractivity contribution is 8.06. The first-order valence-electron chi connectivity index (χ1n) is 7.41. The molecule has 0 bridgehead atoms. The van der Waals surface area contributed by atoms with Crippen LogP contribution in [0, 0.1) is 0 Å². The fourth-order valence-corrected chi connectivity index (χ4v) is 6.80. The van der Waals surface area contributed by atoms with Crippen LogP contribution in [0.5, 0.6) is 0 Å². The molecule has 0 aliphatic heterocycles. The Bertz CT molecular complexity index is 191. The summed E-state index contributed by atoms with van der Waals surface area (Å²) in [6.07, 6.45) is 5.17. The van der Waals surface area contributed by atoms with E-state index in [1.54, 1.807) is 0 Å². The van der Waals surface area contributed by atoms with Crippen LogP contribution in [0.3, 0.4) is 0 Å². The van der Waals surface area contributed by atoms with E-state index in [-0.39, 0.29) is 0 Å². The third-order valence-electron chi connectivity index (χ3n) is 2.74. The van der Waals surface area contributed by atoms with Crippen LogP contribution < -0.4 is 0 Å². The average Bonchev–Trinajstić information content (AvgIpc) is 2.48. The predicted molar refractivity (Wildman–Crippen MR) is 116 cm³/mol. The van der Waals surface area contributed by atoms with Gasteiger partial charge in [0, 0.05) is 33.5 Å². The molecule has 0 spiro atoms. The molecule has 0 saturated heterocycles. The van der Waals surface area contributed by atoms with Crippen LogP contribution in [-0.2, 0) is 0 Å². The molecule has 0 heterocycles. The van der Waals surface area contributed by atoms with Gasteiger partial charge in [0.1, 0.15) is 0 Å². The average molecular weight is 391 g/mol. The number of thiol groups is 3. The van der Waals surface area contributed by atoms with Crippen LogP contribution in [-0.4, -0.2) is 50.8 Å². The van der Waals surface area contributed by atoms with Gasteiger partial charge >= 0.3 is 0 Å². The molecule has 6 heteroatoms. The summed E-state index contributed by atoms with van der Waals surface area (Å²) in [5.41, 5.74) is 0. The lowest BCUT2D eigenvalue weighted by Gasteiger charge is -2.20. The SMILES string of the molecule is CCCCSCC(CS)SC(CS)CSCCCCS. The van der Waals surface area contributed by atoms with Gasteiger partial charge in [0.05, 0.1) is 0 Å². The Labute approximate surface area is 155 Å². The summed E-state index contributed by atoms with van der Waals surface area (Å²) < 4.78 is 0. The first-order chi connectivity index (χ1) is 9.78. The van der Waals surface area contributed by atoms with Crippen molar-refractivity contribution in [3.05, 3.63) is 0 Å². The zero-order chi connectivity index (χ0) is 15.1. The fourth-order valence-electron chi connectivity index (χ4n) is 1.53. The smallest absolute Gasteiger partial charge is 0.0229 e. The minimum atomic E-state index is 0.670. The van der Waals surface area contributed by atoms with Crippen molar-refractivity contribution in [1.82, 2.24) is 0 Å². The molecule has 122 valence electrons. The summed E-state index contributed by atoms with van der Waals surface area (Å²) >= 11 is 19.6. The van der Waals surface area contributed by atoms with Gasteiger partial charge in [0.15, 0.2) is 0 Å². The van der Waals surface area contributed by atoms with E-state index in [1.807, 2.05) is 0 Å². The van der Waals surface area contributed by atoms with Gasteiger partial charge in [-0.05, 0) is 36.5 Å². The molecular formula is C14H30S6. The quantitative estimate of drug-likeness (QED) is 0.257. The topological polar surface area (TPSA) is 0 Å². The molecule has 0 aromatic rings. The van der Waals surface area contributed by atoms with Gasteiger partial charge in [-0.1, -0.05) is 13.3 Å². The van der Waals surface area contributed by atoms with Crippen LogP contribution in [0.1, 0.15) is 32.6 Å². The Kier molecular flexibility index (Phi) is 19.3. The maximum atomic E-state index is 4.52. The maximum absolute atomic E-state index is 4.52. The number of hydrogen-bond donors (Lipinski definition) is 3. The second kappa shape index (κ2) is 17.5. The summed E-state index contributed by atoms with van der Waals surface area (Å²) in [4.78, 5) is 0. The molecule has 2 atom stereocenters. The van der Waals surface area contributed by atoms with E-state index in [0.717, 1.165) is 17.3 Å². The summed E-state index contributed by atoms with van der Waals surface area (Å²) in [5.74, 6) is 8.01. The van der Waals surface area contributed by atoms with Gasteiger partial charge in [-0.15, -0.1) is 0 Å². The first-order valence-corrected chi connectivity index (χ1v) is 12.6. The van der Waals surface area contributed by atoms with Gasteiger partial charge in [0.2, 0.25) is 0 Å². The maximum Gasteiger partial charge on any atom is 0.0229 e. The molecule has 0 aliphatic carbocycles. The van der Waals surface area contributed by atoms with Crippen molar-refractivity contribution in [3.8, 4) is 0 Å². The number of unbranched alkanes of at least 4 members (excludes halogenated alkanes) is 2. The summed E-state index contributed by atoms with van der Waals surface area (Å²) in [7, 11) is 0. The minimum Gasteiger partial charge on any atom is -0.179 e. The molecule has 0 aromatic carbocycles. The second-order valence-electron chi connectivity index (χ2n) is 4.68. The van der Waals surface area contributed by atoms with Crippen molar-refractivity contribution < 1.29 is 0 Å². The predicted octanol–water partition coefficient (Wildman–Crippen LogP) is 5.29. The van der Waals surface area contributed by atoms with E-state index in [9.17, 15) is 0 Å². The minimum absolute atomic E-state index is 0.670. The normalized spacial score (nSPS) is 14.4. The third-order valence-corrected chi connectivity index (χ3v) is 8.72. The molecular weight excluding hydrogens is 361 g/mol. The highest BCUT2D eigenvalue weighted by atomic mass is 32.2. The Morgan fingerprint density at radius 2 is 1.35 bits per heavy atom. The molecule has 0 rings (SSSR count). The molecule has 0 radical (unpaired) electrons. The van der Waals surface area contributed by atoms with Gasteiger partial charge < -0.3 is 0 Å². The summed E-state index contributed by atoms with van der Waals surface area (Å²) in [6.45, 7) is 2.26. The van der Waals surface area contributed by atoms with Crippen LogP contribution in [0.15, 0.2) is 0 Å². The van der Waals surface area contributed by atoms with Crippen LogP contribution >= 0.6 is 73.2 Å². The Morgan fingerprint density at radius 1 is 0.800 bits per heavy atom. The van der Waals surface area contributed by atoms with Gasteiger partial charge in [-0.3, -0.25) is 0 Å². The van der Waals surface area contributed by atoms with E-state index in [0.29, 0.717) is 10.5 Å². The van der Waals surface area contributed by atoms with Crippen molar-refractivity contribution in [2.24, 2.45) is 0 Å². The molecule has 0 nitrogen and oxygen atoms in total. The molecule has 0 amide bonds. The molecule has 0 fully saturated rings. The van der Waals surface area contributed by atoms with Crippen molar-refractivity contribution in [2.45, 2.75) is 43.1 Å². The highest BCUT2D eigenvalue weighted by Crippen LogP contribution is 2.26. The number of hydrogen-bond acceptors (Lipinski definition) is 6. The largest absolute Gasteiger partial charge is 0.179 e.